The van der Waals surface area contributed by atoms with E-state index in [0.29, 0.717) is 28.3 Å². The lowest BCUT2D eigenvalue weighted by Crippen LogP contribution is -2.18. The van der Waals surface area contributed by atoms with Crippen molar-refractivity contribution in [1.29, 1.82) is 0 Å². The number of benzene rings is 3. The monoisotopic (exact) mass is 404 g/mol. The molecule has 6 heteroatoms. The molecule has 4 rings (SSSR count). The summed E-state index contributed by atoms with van der Waals surface area (Å²) in [5.74, 6) is 6.89. The van der Waals surface area contributed by atoms with Crippen LogP contribution in [0, 0.1) is 0 Å². The Morgan fingerprint density at radius 2 is 1.63 bits per heavy atom. The van der Waals surface area contributed by atoms with E-state index in [0.717, 1.165) is 11.1 Å². The summed E-state index contributed by atoms with van der Waals surface area (Å²) in [5.41, 5.74) is 3.53. The molecule has 1 aliphatic rings. The molecule has 0 amide bonds. The highest BCUT2D eigenvalue weighted by atomic mass is 16.7. The Bertz CT molecular complexity index is 1090. The number of hydrogen-bond acceptors (Lipinski definition) is 6. The first kappa shape index (κ1) is 19.6. The third kappa shape index (κ3) is 3.52. The number of aromatic hydroxyl groups is 2. The van der Waals surface area contributed by atoms with Crippen molar-refractivity contribution in [2.75, 3.05) is 6.79 Å². The molecule has 0 fully saturated rings. The molecule has 30 heavy (non-hydrogen) atoms. The average molecular weight is 404 g/mol. The molecule has 0 radical (unpaired) electrons. The van der Waals surface area contributed by atoms with Crippen LogP contribution in [0.1, 0.15) is 47.9 Å². The predicted octanol–water partition coefficient (Wildman–Crippen LogP) is 4.44. The van der Waals surface area contributed by atoms with Crippen LogP contribution in [0.25, 0.3) is 0 Å². The number of phenols is 2. The molecule has 1 heterocycles. The van der Waals surface area contributed by atoms with Crippen molar-refractivity contribution in [3.8, 4) is 23.0 Å². The fourth-order valence-electron chi connectivity index (χ4n) is 3.81. The minimum absolute atomic E-state index is 0.0435. The number of hydrogen-bond donors (Lipinski definition) is 3. The quantitative estimate of drug-likeness (QED) is 0.332. The van der Waals surface area contributed by atoms with Crippen molar-refractivity contribution in [2.24, 2.45) is 10.9 Å². The van der Waals surface area contributed by atoms with Crippen LogP contribution >= 0.6 is 0 Å². The molecule has 1 unspecified atom stereocenters. The summed E-state index contributed by atoms with van der Waals surface area (Å²) >= 11 is 0. The van der Waals surface area contributed by atoms with Crippen LogP contribution in [0.3, 0.4) is 0 Å². The van der Waals surface area contributed by atoms with Gasteiger partial charge < -0.3 is 25.5 Å². The van der Waals surface area contributed by atoms with Crippen LogP contribution in [0.15, 0.2) is 65.8 Å². The van der Waals surface area contributed by atoms with Gasteiger partial charge in [-0.2, -0.15) is 5.10 Å². The second kappa shape index (κ2) is 7.99. The van der Waals surface area contributed by atoms with Gasteiger partial charge in [0, 0.05) is 11.6 Å². The van der Waals surface area contributed by atoms with Crippen LogP contribution < -0.4 is 15.3 Å². The van der Waals surface area contributed by atoms with E-state index in [2.05, 4.69) is 5.10 Å². The Balaban J connectivity index is 1.90. The van der Waals surface area contributed by atoms with Gasteiger partial charge >= 0.3 is 0 Å². The molecular formula is C24H24N2O4. The number of fused-ring (bicyclic) bond motifs is 1. The van der Waals surface area contributed by atoms with Gasteiger partial charge in [0.2, 0.25) is 6.79 Å². The first-order valence-corrected chi connectivity index (χ1v) is 9.78. The van der Waals surface area contributed by atoms with Crippen LogP contribution in [-0.2, 0) is 0 Å². The van der Waals surface area contributed by atoms with Crippen LogP contribution in [0.5, 0.6) is 23.0 Å². The molecule has 4 N–H and O–H groups in total. The summed E-state index contributed by atoms with van der Waals surface area (Å²) in [6.07, 6.45) is 0. The summed E-state index contributed by atoms with van der Waals surface area (Å²) in [6, 6.07) is 18.6. The van der Waals surface area contributed by atoms with Gasteiger partial charge in [0.05, 0.1) is 11.6 Å². The van der Waals surface area contributed by atoms with Crippen molar-refractivity contribution in [3.63, 3.8) is 0 Å². The lowest BCUT2D eigenvalue weighted by molar-refractivity contribution is 0.174. The van der Waals surface area contributed by atoms with Crippen molar-refractivity contribution in [1.82, 2.24) is 0 Å². The second-order valence-corrected chi connectivity index (χ2v) is 7.55. The van der Waals surface area contributed by atoms with Gasteiger partial charge in [-0.1, -0.05) is 50.2 Å². The van der Waals surface area contributed by atoms with Gasteiger partial charge in [-0.3, -0.25) is 0 Å². The number of phenolic OH excluding ortho intramolecular Hbond substituents is 2. The number of nitrogens with two attached hydrogens (primary N) is 1. The molecular weight excluding hydrogens is 380 g/mol. The van der Waals surface area contributed by atoms with Crippen molar-refractivity contribution in [3.05, 3.63) is 82.9 Å². The van der Waals surface area contributed by atoms with Crippen LogP contribution in [-0.4, -0.2) is 22.7 Å². The highest BCUT2D eigenvalue weighted by Gasteiger charge is 2.27. The van der Waals surface area contributed by atoms with Gasteiger partial charge in [0.15, 0.2) is 11.5 Å². The smallest absolute Gasteiger partial charge is 0.231 e. The van der Waals surface area contributed by atoms with Crippen molar-refractivity contribution < 1.29 is 19.7 Å². The maximum atomic E-state index is 10.7. The minimum atomic E-state index is -0.360. The van der Waals surface area contributed by atoms with Gasteiger partial charge in [0.25, 0.3) is 0 Å². The molecule has 0 bridgehead atoms. The summed E-state index contributed by atoms with van der Waals surface area (Å²) in [6.45, 7) is 4.13. The fourth-order valence-corrected chi connectivity index (χ4v) is 3.81. The van der Waals surface area contributed by atoms with E-state index in [4.69, 9.17) is 15.3 Å². The van der Waals surface area contributed by atoms with E-state index < -0.39 is 0 Å². The normalized spacial score (nSPS) is 14.2. The van der Waals surface area contributed by atoms with Crippen LogP contribution in [0.2, 0.25) is 0 Å². The summed E-state index contributed by atoms with van der Waals surface area (Å²) < 4.78 is 11.0. The van der Waals surface area contributed by atoms with Gasteiger partial charge in [0.1, 0.15) is 11.5 Å². The molecule has 0 aromatic heterocycles. The zero-order valence-corrected chi connectivity index (χ0v) is 16.9. The Kier molecular flexibility index (Phi) is 5.23. The van der Waals surface area contributed by atoms with Crippen LogP contribution in [0.4, 0.5) is 0 Å². The second-order valence-electron chi connectivity index (χ2n) is 7.55. The van der Waals surface area contributed by atoms with Gasteiger partial charge in [-0.15, -0.1) is 0 Å². The van der Waals surface area contributed by atoms with Gasteiger partial charge in [-0.05, 0) is 40.8 Å². The highest BCUT2D eigenvalue weighted by molar-refractivity contribution is 6.09. The van der Waals surface area contributed by atoms with E-state index in [-0.39, 0.29) is 30.1 Å². The van der Waals surface area contributed by atoms with Crippen molar-refractivity contribution >= 4 is 5.71 Å². The summed E-state index contributed by atoms with van der Waals surface area (Å²) in [5, 5.41) is 25.0. The van der Waals surface area contributed by atoms with E-state index in [1.165, 1.54) is 6.07 Å². The molecule has 6 nitrogen and oxygen atoms in total. The molecule has 0 spiro atoms. The van der Waals surface area contributed by atoms with E-state index in [9.17, 15) is 10.2 Å². The van der Waals surface area contributed by atoms with E-state index in [1.807, 2.05) is 62.4 Å². The molecule has 1 aliphatic heterocycles. The SMILES string of the molecule is CC(C)c1cc(C(=NN)C(c2ccccc2)c2ccc3c(c2)OCO3)c(O)cc1O. The topological polar surface area (TPSA) is 97.3 Å². The Morgan fingerprint density at radius 1 is 0.900 bits per heavy atom. The Hall–Kier alpha value is -3.67. The third-order valence-corrected chi connectivity index (χ3v) is 5.32. The number of nitrogens with zero attached hydrogens (tertiary/aromatic N) is 1. The zero-order valence-electron chi connectivity index (χ0n) is 16.9. The number of hydrazone groups is 1. The third-order valence-electron chi connectivity index (χ3n) is 5.32. The van der Waals surface area contributed by atoms with E-state index >= 15 is 0 Å². The maximum absolute atomic E-state index is 10.7. The lowest BCUT2D eigenvalue weighted by atomic mass is 9.83. The largest absolute Gasteiger partial charge is 0.508 e. The molecule has 154 valence electrons. The Morgan fingerprint density at radius 3 is 2.33 bits per heavy atom. The lowest BCUT2D eigenvalue weighted by Gasteiger charge is -2.22. The highest BCUT2D eigenvalue weighted by Crippen LogP contribution is 2.40. The maximum Gasteiger partial charge on any atom is 0.231 e. The van der Waals surface area contributed by atoms with Crippen molar-refractivity contribution in [2.45, 2.75) is 25.7 Å². The number of ether oxygens (including phenoxy) is 2. The Labute approximate surface area is 175 Å². The summed E-state index contributed by atoms with van der Waals surface area (Å²) in [4.78, 5) is 0. The zero-order chi connectivity index (χ0) is 21.3. The first-order valence-electron chi connectivity index (χ1n) is 9.78. The average Bonchev–Trinajstić information content (AvgIpc) is 3.20. The van der Waals surface area contributed by atoms with Gasteiger partial charge in [-0.25, -0.2) is 0 Å². The molecule has 0 saturated carbocycles. The predicted molar refractivity (Wildman–Crippen MR) is 115 cm³/mol. The molecule has 0 aliphatic carbocycles. The molecule has 1 atom stereocenters. The fraction of sp³-hybridized carbons (Fsp3) is 0.208. The molecule has 0 saturated heterocycles. The van der Waals surface area contributed by atoms with E-state index in [1.54, 1.807) is 6.07 Å². The minimum Gasteiger partial charge on any atom is -0.508 e. The first-order chi connectivity index (χ1) is 14.5. The molecule has 3 aromatic carbocycles. The molecule has 3 aromatic rings. The number of rotatable bonds is 5. The summed E-state index contributed by atoms with van der Waals surface area (Å²) in [7, 11) is 0. The standard InChI is InChI=1S/C24H24N2O4/c1-14(2)17-11-18(20(28)12-19(17)27)24(26-25)23(15-6-4-3-5-7-15)16-8-9-21-22(10-16)30-13-29-21/h3-12,14,23,27-28H,13,25H2,1-2H3.